The van der Waals surface area contributed by atoms with Gasteiger partial charge in [-0.2, -0.15) is 0 Å². The van der Waals surface area contributed by atoms with Crippen LogP contribution in [-0.4, -0.2) is 18.0 Å². The lowest BCUT2D eigenvalue weighted by Crippen LogP contribution is -2.48. The Balaban J connectivity index is 4.32. The molecule has 0 heterocycles. The summed E-state index contributed by atoms with van der Waals surface area (Å²) >= 11 is 0. The van der Waals surface area contributed by atoms with Gasteiger partial charge in [0.1, 0.15) is 0 Å². The van der Waals surface area contributed by atoms with Crippen LogP contribution < -0.4 is 11.1 Å². The monoisotopic (exact) mass is 200 g/mol. The first kappa shape index (κ1) is 13.4. The molecule has 0 aromatic heterocycles. The number of hydrogen-bond acceptors (Lipinski definition) is 2. The molecule has 3 N–H and O–H groups in total. The Kier molecular flexibility index (Phi) is 5.13. The second-order valence-electron chi connectivity index (χ2n) is 4.81. The summed E-state index contributed by atoms with van der Waals surface area (Å²) in [5, 5.41) is 3.02. The fourth-order valence-corrected chi connectivity index (χ4v) is 1.20. The van der Waals surface area contributed by atoms with E-state index in [1.807, 2.05) is 27.7 Å². The van der Waals surface area contributed by atoms with Crippen molar-refractivity contribution >= 4 is 5.91 Å². The Hall–Kier alpha value is -0.570. The minimum absolute atomic E-state index is 0.0687. The van der Waals surface area contributed by atoms with Crippen LogP contribution in [0.25, 0.3) is 0 Å². The van der Waals surface area contributed by atoms with Crippen LogP contribution in [0.15, 0.2) is 0 Å². The Labute approximate surface area is 87.4 Å². The zero-order valence-electron chi connectivity index (χ0n) is 10.1. The summed E-state index contributed by atoms with van der Waals surface area (Å²) in [6, 6.07) is 0. The Bertz CT molecular complexity index is 188. The van der Waals surface area contributed by atoms with Gasteiger partial charge in [-0.25, -0.2) is 0 Å². The highest BCUT2D eigenvalue weighted by Crippen LogP contribution is 2.13. The third-order valence-electron chi connectivity index (χ3n) is 2.74. The molecule has 0 saturated heterocycles. The summed E-state index contributed by atoms with van der Waals surface area (Å²) in [4.78, 5) is 11.8. The number of nitrogens with two attached hydrogens (primary N) is 1. The molecule has 0 aliphatic heterocycles. The Morgan fingerprint density at radius 2 is 1.93 bits per heavy atom. The van der Waals surface area contributed by atoms with Gasteiger partial charge < -0.3 is 11.1 Å². The van der Waals surface area contributed by atoms with Crippen LogP contribution in [0.4, 0.5) is 0 Å². The standard InChI is InChI=1S/C11H24N2O/c1-6-11(4,5)13-10(14)9(7-12)8(2)3/h8-9H,6-7,12H2,1-5H3,(H,13,14). The van der Waals surface area contributed by atoms with Crippen molar-refractivity contribution in [1.29, 1.82) is 0 Å². The van der Waals surface area contributed by atoms with Crippen molar-refractivity contribution in [2.45, 2.75) is 46.6 Å². The van der Waals surface area contributed by atoms with E-state index in [-0.39, 0.29) is 17.4 Å². The van der Waals surface area contributed by atoms with Crippen molar-refractivity contribution in [2.24, 2.45) is 17.6 Å². The van der Waals surface area contributed by atoms with Gasteiger partial charge in [0, 0.05) is 12.1 Å². The van der Waals surface area contributed by atoms with E-state index in [1.165, 1.54) is 0 Å². The summed E-state index contributed by atoms with van der Waals surface area (Å²) < 4.78 is 0. The van der Waals surface area contributed by atoms with Crippen molar-refractivity contribution in [2.75, 3.05) is 6.54 Å². The zero-order chi connectivity index (χ0) is 11.4. The number of rotatable bonds is 5. The van der Waals surface area contributed by atoms with Crippen molar-refractivity contribution in [3.63, 3.8) is 0 Å². The van der Waals surface area contributed by atoms with Crippen LogP contribution in [0.1, 0.15) is 41.0 Å². The summed E-state index contributed by atoms with van der Waals surface area (Å²) in [6.45, 7) is 10.6. The van der Waals surface area contributed by atoms with Crippen LogP contribution in [0.2, 0.25) is 0 Å². The van der Waals surface area contributed by atoms with E-state index in [2.05, 4.69) is 12.2 Å². The van der Waals surface area contributed by atoms with Crippen LogP contribution >= 0.6 is 0 Å². The van der Waals surface area contributed by atoms with E-state index >= 15 is 0 Å². The first-order valence-corrected chi connectivity index (χ1v) is 5.36. The quantitative estimate of drug-likeness (QED) is 0.707. The third-order valence-corrected chi connectivity index (χ3v) is 2.74. The predicted molar refractivity (Wildman–Crippen MR) is 59.9 cm³/mol. The molecule has 1 atom stereocenters. The smallest absolute Gasteiger partial charge is 0.225 e. The van der Waals surface area contributed by atoms with Crippen LogP contribution in [0.3, 0.4) is 0 Å². The number of carbonyl (C=O) groups is 1. The molecule has 0 bridgehead atoms. The average molecular weight is 200 g/mol. The topological polar surface area (TPSA) is 55.1 Å². The lowest BCUT2D eigenvalue weighted by atomic mass is 9.93. The normalized spacial score (nSPS) is 14.2. The Morgan fingerprint density at radius 1 is 1.43 bits per heavy atom. The van der Waals surface area contributed by atoms with Gasteiger partial charge in [0.25, 0.3) is 0 Å². The maximum Gasteiger partial charge on any atom is 0.225 e. The second kappa shape index (κ2) is 5.35. The summed E-state index contributed by atoms with van der Waals surface area (Å²) in [6.07, 6.45) is 0.925. The molecular formula is C11H24N2O. The van der Waals surface area contributed by atoms with Crippen molar-refractivity contribution < 1.29 is 4.79 Å². The molecule has 0 rings (SSSR count). The first-order valence-electron chi connectivity index (χ1n) is 5.36. The highest BCUT2D eigenvalue weighted by Gasteiger charge is 2.25. The molecule has 14 heavy (non-hydrogen) atoms. The number of carbonyl (C=O) groups excluding carboxylic acids is 1. The lowest BCUT2D eigenvalue weighted by molar-refractivity contribution is -0.127. The molecule has 0 fully saturated rings. The molecule has 0 aromatic carbocycles. The van der Waals surface area contributed by atoms with Gasteiger partial charge in [-0.3, -0.25) is 4.79 Å². The number of hydrogen-bond donors (Lipinski definition) is 2. The molecule has 0 spiro atoms. The van der Waals surface area contributed by atoms with E-state index in [9.17, 15) is 4.79 Å². The van der Waals surface area contributed by atoms with Gasteiger partial charge in [0.15, 0.2) is 0 Å². The largest absolute Gasteiger partial charge is 0.351 e. The summed E-state index contributed by atoms with van der Waals surface area (Å²) in [5.41, 5.74) is 5.45. The first-order chi connectivity index (χ1) is 6.34. The molecule has 1 amide bonds. The Morgan fingerprint density at radius 3 is 2.21 bits per heavy atom. The fourth-order valence-electron chi connectivity index (χ4n) is 1.20. The molecule has 0 aliphatic carbocycles. The fraction of sp³-hybridized carbons (Fsp3) is 0.909. The van der Waals surface area contributed by atoms with Gasteiger partial charge in [-0.15, -0.1) is 0 Å². The van der Waals surface area contributed by atoms with Crippen LogP contribution in [0, 0.1) is 11.8 Å². The molecule has 0 radical (unpaired) electrons. The minimum Gasteiger partial charge on any atom is -0.351 e. The molecule has 0 aromatic rings. The molecule has 3 nitrogen and oxygen atoms in total. The second-order valence-corrected chi connectivity index (χ2v) is 4.81. The van der Waals surface area contributed by atoms with Crippen LogP contribution in [0.5, 0.6) is 0 Å². The molecule has 3 heteroatoms. The lowest BCUT2D eigenvalue weighted by Gasteiger charge is -2.28. The molecule has 0 saturated carbocycles. The highest BCUT2D eigenvalue weighted by atomic mass is 16.2. The molecule has 84 valence electrons. The predicted octanol–water partition coefficient (Wildman–Crippen LogP) is 1.52. The number of nitrogens with one attached hydrogen (secondary N) is 1. The van der Waals surface area contributed by atoms with E-state index in [0.29, 0.717) is 12.5 Å². The third kappa shape index (κ3) is 4.09. The highest BCUT2D eigenvalue weighted by molar-refractivity contribution is 5.79. The van der Waals surface area contributed by atoms with Gasteiger partial charge in [0.2, 0.25) is 5.91 Å². The van der Waals surface area contributed by atoms with Crippen molar-refractivity contribution in [3.05, 3.63) is 0 Å². The average Bonchev–Trinajstić information content (AvgIpc) is 2.03. The van der Waals surface area contributed by atoms with E-state index in [0.717, 1.165) is 6.42 Å². The number of amides is 1. The van der Waals surface area contributed by atoms with Gasteiger partial charge in [-0.1, -0.05) is 20.8 Å². The van der Waals surface area contributed by atoms with Crippen molar-refractivity contribution in [1.82, 2.24) is 5.32 Å². The zero-order valence-corrected chi connectivity index (χ0v) is 10.1. The maximum atomic E-state index is 11.8. The van der Waals surface area contributed by atoms with E-state index < -0.39 is 0 Å². The van der Waals surface area contributed by atoms with Gasteiger partial charge in [-0.05, 0) is 26.2 Å². The van der Waals surface area contributed by atoms with Gasteiger partial charge in [0.05, 0.1) is 5.92 Å². The summed E-state index contributed by atoms with van der Waals surface area (Å²) in [5.74, 6) is 0.308. The van der Waals surface area contributed by atoms with Gasteiger partial charge >= 0.3 is 0 Å². The molecular weight excluding hydrogens is 176 g/mol. The molecule has 0 aliphatic rings. The van der Waals surface area contributed by atoms with Crippen LogP contribution in [-0.2, 0) is 4.79 Å². The summed E-state index contributed by atoms with van der Waals surface area (Å²) in [7, 11) is 0. The SMILES string of the molecule is CCC(C)(C)NC(=O)C(CN)C(C)C. The molecule has 1 unspecified atom stereocenters. The van der Waals surface area contributed by atoms with E-state index in [1.54, 1.807) is 0 Å². The minimum atomic E-state index is -0.126. The maximum absolute atomic E-state index is 11.8. The van der Waals surface area contributed by atoms with E-state index in [4.69, 9.17) is 5.73 Å². The van der Waals surface area contributed by atoms with Crippen molar-refractivity contribution in [3.8, 4) is 0 Å².